The zero-order valence-electron chi connectivity index (χ0n) is 6.42. The van der Waals surface area contributed by atoms with E-state index in [-0.39, 0.29) is 16.0 Å². The summed E-state index contributed by atoms with van der Waals surface area (Å²) in [5.74, 6) is 0.225. The minimum absolute atomic E-state index is 0.0571. The van der Waals surface area contributed by atoms with Crippen molar-refractivity contribution in [3.05, 3.63) is 10.8 Å². The third-order valence-corrected chi connectivity index (χ3v) is 3.69. The van der Waals surface area contributed by atoms with Crippen LogP contribution >= 0.6 is 22.3 Å². The van der Waals surface area contributed by atoms with Crippen molar-refractivity contribution in [1.82, 2.24) is 10.2 Å². The van der Waals surface area contributed by atoms with E-state index in [2.05, 4.69) is 10.2 Å². The summed E-state index contributed by atoms with van der Waals surface area (Å²) in [5.41, 5.74) is 0.542. The molecule has 0 spiro atoms. The van der Waals surface area contributed by atoms with E-state index in [1.165, 1.54) is 0 Å². The molecule has 1 N–H and O–H groups in total. The molecular formula is C6H6Cl2N2O2S. The molecule has 13 heavy (non-hydrogen) atoms. The Labute approximate surface area is 84.7 Å². The van der Waals surface area contributed by atoms with Gasteiger partial charge in [0.15, 0.2) is 5.15 Å². The smallest absolute Gasteiger partial charge is 0.266 e. The first kappa shape index (κ1) is 9.30. The highest BCUT2D eigenvalue weighted by Gasteiger charge is 2.34. The molecule has 72 valence electrons. The number of halogens is 2. The largest absolute Gasteiger partial charge is 0.279 e. The van der Waals surface area contributed by atoms with Gasteiger partial charge in [-0.15, -0.1) is 0 Å². The van der Waals surface area contributed by atoms with Crippen LogP contribution in [0.4, 0.5) is 0 Å². The molecule has 0 bridgehead atoms. The van der Waals surface area contributed by atoms with Gasteiger partial charge in [-0.3, -0.25) is 5.10 Å². The topological polar surface area (TPSA) is 62.8 Å². The van der Waals surface area contributed by atoms with Gasteiger partial charge < -0.3 is 0 Å². The standard InChI is InChI=1S/C6H6Cl2N2O2S/c7-6-5(13(8,11)12)4(9-10-6)3-1-2-3/h3H,1-2H2,(H,9,10). The lowest BCUT2D eigenvalue weighted by Gasteiger charge is -1.95. The van der Waals surface area contributed by atoms with Crippen molar-refractivity contribution in [2.24, 2.45) is 0 Å². The van der Waals surface area contributed by atoms with Gasteiger partial charge in [0.2, 0.25) is 0 Å². The Kier molecular flexibility index (Phi) is 2.05. The van der Waals surface area contributed by atoms with Gasteiger partial charge in [-0.25, -0.2) is 8.42 Å². The van der Waals surface area contributed by atoms with E-state index in [9.17, 15) is 8.42 Å². The van der Waals surface area contributed by atoms with Crippen molar-refractivity contribution in [1.29, 1.82) is 0 Å². The van der Waals surface area contributed by atoms with E-state index in [1.807, 2.05) is 0 Å². The number of H-pyrrole nitrogens is 1. The first-order chi connectivity index (χ1) is 6.00. The average molecular weight is 241 g/mol. The molecule has 1 aromatic rings. The minimum Gasteiger partial charge on any atom is -0.279 e. The maximum atomic E-state index is 11.1. The number of nitrogens with zero attached hydrogens (tertiary/aromatic N) is 1. The first-order valence-corrected chi connectivity index (χ1v) is 6.37. The molecule has 2 rings (SSSR count). The summed E-state index contributed by atoms with van der Waals surface area (Å²) in [6, 6.07) is 0. The molecule has 1 fully saturated rings. The fourth-order valence-corrected chi connectivity index (χ4v) is 2.96. The van der Waals surface area contributed by atoms with Gasteiger partial charge in [0.05, 0.1) is 5.69 Å². The maximum Gasteiger partial charge on any atom is 0.266 e. The van der Waals surface area contributed by atoms with Gasteiger partial charge in [-0.05, 0) is 12.8 Å². The summed E-state index contributed by atoms with van der Waals surface area (Å²) in [5, 5.41) is 6.15. The highest BCUT2D eigenvalue weighted by Crippen LogP contribution is 2.44. The molecular weight excluding hydrogens is 235 g/mol. The summed E-state index contributed by atoms with van der Waals surface area (Å²) in [4.78, 5) is -0.0571. The highest BCUT2D eigenvalue weighted by molar-refractivity contribution is 8.13. The Morgan fingerprint density at radius 2 is 2.08 bits per heavy atom. The molecule has 7 heteroatoms. The fourth-order valence-electron chi connectivity index (χ4n) is 1.20. The van der Waals surface area contributed by atoms with Gasteiger partial charge >= 0.3 is 0 Å². The Hall–Kier alpha value is -0.260. The van der Waals surface area contributed by atoms with Crippen molar-refractivity contribution in [3.63, 3.8) is 0 Å². The molecule has 1 aliphatic carbocycles. The van der Waals surface area contributed by atoms with E-state index in [1.54, 1.807) is 0 Å². The van der Waals surface area contributed by atoms with Gasteiger partial charge in [0.25, 0.3) is 9.05 Å². The highest BCUT2D eigenvalue weighted by atomic mass is 35.7. The third-order valence-electron chi connectivity index (χ3n) is 1.94. The Morgan fingerprint density at radius 3 is 2.54 bits per heavy atom. The van der Waals surface area contributed by atoms with Crippen LogP contribution in [0.3, 0.4) is 0 Å². The van der Waals surface area contributed by atoms with E-state index < -0.39 is 9.05 Å². The Morgan fingerprint density at radius 1 is 1.46 bits per heavy atom. The Balaban J connectivity index is 2.59. The van der Waals surface area contributed by atoms with Crippen LogP contribution in [0.1, 0.15) is 24.5 Å². The lowest BCUT2D eigenvalue weighted by molar-refractivity contribution is 0.608. The van der Waals surface area contributed by atoms with Crippen LogP contribution in [0.2, 0.25) is 5.15 Å². The molecule has 1 heterocycles. The summed E-state index contributed by atoms with van der Waals surface area (Å²) >= 11 is 5.60. The average Bonchev–Trinajstić information content (AvgIpc) is 2.73. The van der Waals surface area contributed by atoms with Crippen LogP contribution < -0.4 is 0 Å². The normalized spacial score (nSPS) is 17.7. The molecule has 0 atom stereocenters. The fraction of sp³-hybridized carbons (Fsp3) is 0.500. The van der Waals surface area contributed by atoms with Crippen LogP contribution in [0.25, 0.3) is 0 Å². The van der Waals surface area contributed by atoms with E-state index >= 15 is 0 Å². The van der Waals surface area contributed by atoms with E-state index in [4.69, 9.17) is 22.3 Å². The lowest BCUT2D eigenvalue weighted by atomic mass is 10.3. The van der Waals surface area contributed by atoms with Crippen molar-refractivity contribution in [2.75, 3.05) is 0 Å². The second-order valence-electron chi connectivity index (χ2n) is 2.97. The Bertz CT molecular complexity index is 435. The SMILES string of the molecule is O=S(=O)(Cl)c1c(Cl)n[nH]c1C1CC1. The number of hydrogen-bond acceptors (Lipinski definition) is 3. The quantitative estimate of drug-likeness (QED) is 0.804. The molecule has 0 aliphatic heterocycles. The second kappa shape index (κ2) is 2.87. The van der Waals surface area contributed by atoms with Crippen LogP contribution in [0.5, 0.6) is 0 Å². The summed E-state index contributed by atoms with van der Waals surface area (Å²) in [7, 11) is 1.43. The summed E-state index contributed by atoms with van der Waals surface area (Å²) in [6.45, 7) is 0. The molecule has 4 nitrogen and oxygen atoms in total. The molecule has 0 saturated heterocycles. The van der Waals surface area contributed by atoms with Crippen molar-refractivity contribution in [3.8, 4) is 0 Å². The maximum absolute atomic E-state index is 11.1. The summed E-state index contributed by atoms with van der Waals surface area (Å²) < 4.78 is 22.2. The zero-order valence-corrected chi connectivity index (χ0v) is 8.75. The second-order valence-corrected chi connectivity index (χ2v) is 5.83. The number of aromatic nitrogens is 2. The van der Waals surface area contributed by atoms with Crippen molar-refractivity contribution < 1.29 is 8.42 Å². The number of nitrogens with one attached hydrogen (secondary N) is 1. The van der Waals surface area contributed by atoms with Gasteiger partial charge in [0.1, 0.15) is 4.90 Å². The van der Waals surface area contributed by atoms with E-state index in [0.29, 0.717) is 5.69 Å². The first-order valence-electron chi connectivity index (χ1n) is 3.68. The number of hydrogen-bond donors (Lipinski definition) is 1. The summed E-state index contributed by atoms with van der Waals surface area (Å²) in [6.07, 6.45) is 1.91. The van der Waals surface area contributed by atoms with Crippen LogP contribution in [-0.4, -0.2) is 18.6 Å². The third kappa shape index (κ3) is 1.68. The van der Waals surface area contributed by atoms with Crippen molar-refractivity contribution >= 4 is 31.3 Å². The molecule has 1 saturated carbocycles. The predicted molar refractivity (Wildman–Crippen MR) is 48.6 cm³/mol. The molecule has 0 aromatic carbocycles. The minimum atomic E-state index is -3.78. The molecule has 1 aromatic heterocycles. The number of aromatic amines is 1. The van der Waals surface area contributed by atoms with Crippen LogP contribution in [0, 0.1) is 0 Å². The van der Waals surface area contributed by atoms with E-state index in [0.717, 1.165) is 12.8 Å². The predicted octanol–water partition coefficient (Wildman–Crippen LogP) is 1.87. The molecule has 0 unspecified atom stereocenters. The van der Waals surface area contributed by atoms with Crippen LogP contribution in [0.15, 0.2) is 4.90 Å². The van der Waals surface area contributed by atoms with Crippen LogP contribution in [-0.2, 0) is 9.05 Å². The lowest BCUT2D eigenvalue weighted by Crippen LogP contribution is -1.94. The number of rotatable bonds is 2. The molecule has 0 radical (unpaired) electrons. The van der Waals surface area contributed by atoms with Gasteiger partial charge in [-0.1, -0.05) is 11.6 Å². The molecule has 1 aliphatic rings. The van der Waals surface area contributed by atoms with Gasteiger partial charge in [0, 0.05) is 16.6 Å². The zero-order chi connectivity index (χ0) is 9.64. The molecule has 0 amide bonds. The van der Waals surface area contributed by atoms with Gasteiger partial charge in [-0.2, -0.15) is 5.10 Å². The monoisotopic (exact) mass is 240 g/mol. The van der Waals surface area contributed by atoms with Crippen molar-refractivity contribution in [2.45, 2.75) is 23.7 Å².